The molecular weight excluding hydrogens is 478 g/mol. The molecular formula is C26H29N5O4S. The summed E-state index contributed by atoms with van der Waals surface area (Å²) in [5, 5.41) is 10.2. The summed E-state index contributed by atoms with van der Waals surface area (Å²) in [6, 6.07) is 6.74. The molecule has 6 amide bonds. The van der Waals surface area contributed by atoms with Gasteiger partial charge in [-0.1, -0.05) is 6.07 Å². The Hall–Kier alpha value is -3.40. The Morgan fingerprint density at radius 1 is 1.14 bits per heavy atom. The first-order valence-electron chi connectivity index (χ1n) is 12.5. The third kappa shape index (κ3) is 3.75. The summed E-state index contributed by atoms with van der Waals surface area (Å²) in [5.74, 6) is -0.0350. The molecule has 1 saturated carbocycles. The second-order valence-electron chi connectivity index (χ2n) is 10.1. The highest BCUT2D eigenvalue weighted by Gasteiger charge is 2.56. The lowest BCUT2D eigenvalue weighted by atomic mass is 9.91. The minimum absolute atomic E-state index is 0.158. The van der Waals surface area contributed by atoms with Crippen LogP contribution in [0.15, 0.2) is 29.6 Å². The Morgan fingerprint density at radius 2 is 1.97 bits per heavy atom. The van der Waals surface area contributed by atoms with Crippen molar-refractivity contribution in [3.05, 3.63) is 51.2 Å². The van der Waals surface area contributed by atoms with E-state index in [1.54, 1.807) is 23.5 Å². The van der Waals surface area contributed by atoms with Gasteiger partial charge < -0.3 is 20.9 Å². The quantitative estimate of drug-likeness (QED) is 0.553. The molecule has 1 spiro atoms. The maximum atomic E-state index is 13.7. The highest BCUT2D eigenvalue weighted by molar-refractivity contribution is 7.10. The molecule has 10 heteroatoms. The number of nitrogens with zero attached hydrogens (tertiary/aromatic N) is 2. The first-order chi connectivity index (χ1) is 17.4. The second kappa shape index (κ2) is 8.62. The molecule has 188 valence electrons. The number of imide groups is 1. The summed E-state index contributed by atoms with van der Waals surface area (Å²) in [6.07, 6.45) is 5.16. The predicted octanol–water partition coefficient (Wildman–Crippen LogP) is 2.95. The van der Waals surface area contributed by atoms with E-state index in [0.717, 1.165) is 41.7 Å². The van der Waals surface area contributed by atoms with E-state index in [0.29, 0.717) is 31.0 Å². The number of urea groups is 2. The molecule has 3 N–H and O–H groups in total. The maximum Gasteiger partial charge on any atom is 0.325 e. The summed E-state index contributed by atoms with van der Waals surface area (Å²) in [4.78, 5) is 56.3. The lowest BCUT2D eigenvalue weighted by Crippen LogP contribution is -2.48. The van der Waals surface area contributed by atoms with Crippen molar-refractivity contribution in [3.8, 4) is 0 Å². The first-order valence-corrected chi connectivity index (χ1v) is 13.4. The molecule has 9 nitrogen and oxygen atoms in total. The van der Waals surface area contributed by atoms with Crippen LogP contribution in [0.3, 0.4) is 0 Å². The largest absolute Gasteiger partial charge is 0.341 e. The molecule has 1 aromatic heterocycles. The molecule has 2 aliphatic carbocycles. The summed E-state index contributed by atoms with van der Waals surface area (Å²) in [7, 11) is 1.54. The number of carbonyl (C=O) groups is 4. The summed E-state index contributed by atoms with van der Waals surface area (Å²) >= 11 is 1.74. The molecule has 2 fully saturated rings. The summed E-state index contributed by atoms with van der Waals surface area (Å²) in [5.41, 5.74) is 2.27. The molecule has 6 rings (SSSR count). The molecule has 0 radical (unpaired) electrons. The van der Waals surface area contributed by atoms with Crippen LogP contribution in [0.5, 0.6) is 0 Å². The number of amides is 6. The molecule has 36 heavy (non-hydrogen) atoms. The number of hydrogen-bond acceptors (Lipinski definition) is 5. The van der Waals surface area contributed by atoms with E-state index in [4.69, 9.17) is 0 Å². The number of aryl methyl sites for hydroxylation is 2. The van der Waals surface area contributed by atoms with Crippen LogP contribution in [0, 0.1) is 5.92 Å². The molecule has 1 saturated heterocycles. The van der Waals surface area contributed by atoms with E-state index in [1.807, 2.05) is 11.0 Å². The van der Waals surface area contributed by atoms with Gasteiger partial charge in [0.15, 0.2) is 0 Å². The van der Waals surface area contributed by atoms with Gasteiger partial charge >= 0.3 is 12.1 Å². The van der Waals surface area contributed by atoms with Crippen molar-refractivity contribution in [1.82, 2.24) is 20.4 Å². The number of carbonyl (C=O) groups excluding carboxylic acids is 4. The lowest BCUT2D eigenvalue weighted by molar-refractivity contribution is -0.141. The number of rotatable bonds is 4. The summed E-state index contributed by atoms with van der Waals surface area (Å²) < 4.78 is 0. The minimum atomic E-state index is -1.16. The Balaban J connectivity index is 1.22. The average Bonchev–Trinajstić information content (AvgIpc) is 3.50. The van der Waals surface area contributed by atoms with Gasteiger partial charge in [-0.05, 0) is 84.7 Å². The van der Waals surface area contributed by atoms with Crippen LogP contribution in [0.25, 0.3) is 0 Å². The number of hydrogen-bond donors (Lipinski definition) is 3. The van der Waals surface area contributed by atoms with Gasteiger partial charge in [0, 0.05) is 30.2 Å². The molecule has 2 atom stereocenters. The van der Waals surface area contributed by atoms with Crippen molar-refractivity contribution in [3.63, 3.8) is 0 Å². The lowest BCUT2D eigenvalue weighted by Gasteiger charge is -2.31. The highest BCUT2D eigenvalue weighted by Crippen LogP contribution is 2.43. The third-order valence-electron chi connectivity index (χ3n) is 8.02. The fraction of sp³-hybridized carbons (Fsp3) is 0.462. The summed E-state index contributed by atoms with van der Waals surface area (Å²) in [6.45, 7) is 0.290. The zero-order chi connectivity index (χ0) is 25.0. The van der Waals surface area contributed by atoms with Gasteiger partial charge in [0.05, 0.1) is 0 Å². The van der Waals surface area contributed by atoms with E-state index in [-0.39, 0.29) is 30.4 Å². The second-order valence-corrected chi connectivity index (χ2v) is 11.1. The third-order valence-corrected chi connectivity index (χ3v) is 9.04. The van der Waals surface area contributed by atoms with Crippen molar-refractivity contribution in [2.45, 2.75) is 56.7 Å². The monoisotopic (exact) mass is 507 g/mol. The van der Waals surface area contributed by atoms with Crippen LogP contribution in [-0.2, 0) is 34.5 Å². The van der Waals surface area contributed by atoms with Gasteiger partial charge in [0.25, 0.3) is 5.91 Å². The van der Waals surface area contributed by atoms with E-state index in [1.165, 1.54) is 17.5 Å². The van der Waals surface area contributed by atoms with Crippen LogP contribution >= 0.6 is 11.3 Å². The van der Waals surface area contributed by atoms with Crippen molar-refractivity contribution >= 4 is 40.9 Å². The standard InChI is InChI=1S/C26H29N5O4S/c1-27-24(34)28-18-4-5-19-16(12-18)8-10-26(19)23(33)31(25(35)29-26)14-22(32)30-13-17-9-11-36-21(17)7-6-20(30)15-2-3-15/h4-5,9,11-12,15,20H,2-3,6-8,10,13-14H2,1H3,(H,29,35)(H2,27,28,34)/t20-,26-/m0/s1. The Labute approximate surface area is 213 Å². The van der Waals surface area contributed by atoms with Gasteiger partial charge in [-0.25, -0.2) is 9.59 Å². The molecule has 1 aromatic carbocycles. The molecule has 4 aliphatic rings. The Kier molecular flexibility index (Phi) is 5.51. The molecule has 0 bridgehead atoms. The molecule has 2 aromatic rings. The zero-order valence-electron chi connectivity index (χ0n) is 20.1. The number of benzene rings is 1. The van der Waals surface area contributed by atoms with Gasteiger partial charge in [0.1, 0.15) is 12.1 Å². The average molecular weight is 508 g/mol. The van der Waals surface area contributed by atoms with Crippen LogP contribution in [0.2, 0.25) is 0 Å². The van der Waals surface area contributed by atoms with E-state index in [9.17, 15) is 19.2 Å². The fourth-order valence-corrected chi connectivity index (χ4v) is 6.92. The fourth-order valence-electron chi connectivity index (χ4n) is 6.00. The van der Waals surface area contributed by atoms with E-state index in [2.05, 4.69) is 27.4 Å². The number of thiophene rings is 1. The van der Waals surface area contributed by atoms with Gasteiger partial charge in [0.2, 0.25) is 5.91 Å². The van der Waals surface area contributed by atoms with Crippen molar-refractivity contribution in [2.75, 3.05) is 18.9 Å². The first kappa shape index (κ1) is 23.0. The van der Waals surface area contributed by atoms with Crippen molar-refractivity contribution < 1.29 is 19.2 Å². The number of anilines is 1. The number of fused-ring (bicyclic) bond motifs is 3. The van der Waals surface area contributed by atoms with Crippen LogP contribution in [0.4, 0.5) is 15.3 Å². The minimum Gasteiger partial charge on any atom is -0.341 e. The zero-order valence-corrected chi connectivity index (χ0v) is 21.0. The van der Waals surface area contributed by atoms with Gasteiger partial charge in [-0.3, -0.25) is 14.5 Å². The van der Waals surface area contributed by atoms with Crippen LogP contribution in [-0.4, -0.2) is 53.3 Å². The molecule has 0 unspecified atom stereocenters. The van der Waals surface area contributed by atoms with Gasteiger partial charge in [-0.15, -0.1) is 11.3 Å². The number of nitrogens with one attached hydrogen (secondary N) is 3. The normalized spacial score (nSPS) is 24.9. The van der Waals surface area contributed by atoms with Gasteiger partial charge in [-0.2, -0.15) is 0 Å². The van der Waals surface area contributed by atoms with E-state index >= 15 is 0 Å². The van der Waals surface area contributed by atoms with Crippen molar-refractivity contribution in [1.29, 1.82) is 0 Å². The Bertz CT molecular complexity index is 1270. The topological polar surface area (TPSA) is 111 Å². The van der Waals surface area contributed by atoms with Crippen LogP contribution in [0.1, 0.15) is 47.3 Å². The van der Waals surface area contributed by atoms with E-state index < -0.39 is 11.6 Å². The highest BCUT2D eigenvalue weighted by atomic mass is 32.1. The predicted molar refractivity (Wildman–Crippen MR) is 134 cm³/mol. The smallest absolute Gasteiger partial charge is 0.325 e. The molecule has 2 aliphatic heterocycles. The van der Waals surface area contributed by atoms with Crippen molar-refractivity contribution in [2.24, 2.45) is 5.92 Å². The maximum absolute atomic E-state index is 13.7. The molecule has 3 heterocycles. The van der Waals surface area contributed by atoms with Crippen LogP contribution < -0.4 is 16.0 Å². The SMILES string of the molecule is CNC(=O)Nc1ccc2c(c1)CC[C@]21NC(=O)N(CC(=O)N2Cc3ccsc3CC[C@H]2C2CC2)C1=O. The Morgan fingerprint density at radius 3 is 2.75 bits per heavy atom.